The van der Waals surface area contributed by atoms with Gasteiger partial charge in [0.05, 0.1) is 52.3 Å². The number of nitrogens with zero attached hydrogens (tertiary/aromatic N) is 18. The monoisotopic (exact) mass is 1830 g/mol. The molecule has 3 atom stereocenters. The first-order valence-corrected chi connectivity index (χ1v) is 42.7. The Morgan fingerprint density at radius 1 is 0.432 bits per heavy atom. The molecular formula is C93H79Cl3N22O14. The molecule has 7 aromatic carbocycles. The lowest BCUT2D eigenvalue weighted by atomic mass is 10.0. The van der Waals surface area contributed by atoms with Crippen LogP contribution in [0.25, 0.3) is 89.6 Å². The van der Waals surface area contributed by atoms with Gasteiger partial charge in [0.2, 0.25) is 0 Å². The SMILES string of the molecule is CC(C)(C)OC(=O)C1=Cc2cc(N)ccc2C1.CC(C)(C)OC(=O)c1cc2cc(CC(=O)C3CCc4nc(-c5cc(Cl)ccc5-n5cnnn5)cc(=O)n43)ccc2[nH]1.O=C(O)c1cc2cc(CC(=O)C3CCc4nc(-c5cc(Cl)ccc5-n5cnnn5)cc(=O)n43)ccc2[nH]1.O=C(O)c1cc2cc(CC(=O)C3CCc4nc(-c5cc(Cl)ccc5-n5cnnn5)cc(=O)n43)ccc2[nH]1. The highest BCUT2D eigenvalue weighted by molar-refractivity contribution is 6.31. The van der Waals surface area contributed by atoms with Crippen LogP contribution in [0.2, 0.25) is 15.1 Å². The van der Waals surface area contributed by atoms with Gasteiger partial charge in [0.1, 0.15) is 64.7 Å². The standard InChI is InChI=1S/C29H26ClN7O4.2C25H18ClN7O4.C14H17NO2/c1-29(2,3)41-28(40)22-12-17-10-16(4-6-20(17)32-22)11-25(38)24-8-9-26-33-21(14-27(39)37(24)26)19-13-18(30)5-7-23(19)36-15-31-34-35-36;2*26-15-2-4-20(32-12-27-30-31-32)16(10-15)18-11-24(35)33-21(5-6-23(33)29-18)22(34)8-13-1-3-17-14(7-13)9-19(28-17)25(36)37;1-14(2,3)17-13(16)11-6-9-4-5-12(15)8-10(9)7-11/h4-7,10,12-15,24,32H,8-9,11H2,1-3H3;2*1-4,7,9-12,21,28H,5-6,8H2,(H,36,37);4-5,7-8H,6,15H2,1-3H3. The molecule has 3 unspecified atom stereocenters. The van der Waals surface area contributed by atoms with Crippen LogP contribution in [0.5, 0.6) is 0 Å². The third kappa shape index (κ3) is 19.1. The maximum Gasteiger partial charge on any atom is 0.355 e. The van der Waals surface area contributed by atoms with Crippen molar-refractivity contribution in [2.24, 2.45) is 0 Å². The lowest BCUT2D eigenvalue weighted by Gasteiger charge is -2.19. The van der Waals surface area contributed by atoms with E-state index in [1.165, 1.54) is 77.1 Å². The Bertz CT molecular complexity index is 7310. The fraction of sp³-hybridized carbons (Fsp3) is 0.226. The van der Waals surface area contributed by atoms with Gasteiger partial charge in [-0.25, -0.2) is 34.1 Å². The van der Waals surface area contributed by atoms with Gasteiger partial charge >= 0.3 is 23.9 Å². The molecule has 39 heteroatoms. The van der Waals surface area contributed by atoms with Crippen molar-refractivity contribution in [3.8, 4) is 50.8 Å². The minimum atomic E-state index is -1.05. The van der Waals surface area contributed by atoms with Crippen LogP contribution in [-0.4, -0.2) is 167 Å². The third-order valence-corrected chi connectivity index (χ3v) is 23.1. The van der Waals surface area contributed by atoms with Gasteiger partial charge in [-0.2, -0.15) is 14.0 Å². The van der Waals surface area contributed by atoms with Crippen molar-refractivity contribution in [2.45, 2.75) is 135 Å². The van der Waals surface area contributed by atoms with E-state index >= 15 is 0 Å². The van der Waals surface area contributed by atoms with E-state index < -0.39 is 47.2 Å². The number of carboxylic acids is 2. The molecule has 12 heterocycles. The number of carbonyl (C=O) groups excluding carboxylic acids is 5. The molecule has 0 bridgehead atoms. The number of tetrazole rings is 3. The number of nitrogen functional groups attached to an aromatic ring is 1. The predicted molar refractivity (Wildman–Crippen MR) is 486 cm³/mol. The van der Waals surface area contributed by atoms with Crippen molar-refractivity contribution in [3.63, 3.8) is 0 Å². The van der Waals surface area contributed by atoms with Gasteiger partial charge < -0.3 is 40.4 Å². The number of aryl methyl sites for hydroxylation is 3. The highest BCUT2D eigenvalue weighted by Crippen LogP contribution is 2.38. The number of hydrogen-bond donors (Lipinski definition) is 6. The molecule has 666 valence electrons. The molecule has 0 radical (unpaired) electrons. The van der Waals surface area contributed by atoms with Crippen molar-refractivity contribution in [2.75, 3.05) is 5.73 Å². The minimum absolute atomic E-state index is 0.0829. The number of ether oxygens (including phenoxy) is 2. The largest absolute Gasteiger partial charge is 0.477 e. The summed E-state index contributed by atoms with van der Waals surface area (Å²) in [4.78, 5) is 149. The van der Waals surface area contributed by atoms with E-state index in [1.54, 1.807) is 97.1 Å². The number of aromatic nitrogens is 21. The summed E-state index contributed by atoms with van der Waals surface area (Å²) in [6.07, 6.45) is 10.0. The number of anilines is 1. The van der Waals surface area contributed by atoms with Crippen molar-refractivity contribution in [1.82, 2.24) is 104 Å². The van der Waals surface area contributed by atoms with Crippen LogP contribution < -0.4 is 22.4 Å². The second-order valence-electron chi connectivity index (χ2n) is 33.9. The Hall–Kier alpha value is -15.7. The molecule has 16 aromatic rings. The number of Topliss-reactive ketones (excluding diaryl/α,β-unsaturated/α-hetero) is 3. The fourth-order valence-corrected chi connectivity index (χ4v) is 17.1. The zero-order chi connectivity index (χ0) is 92.9. The number of carbonyl (C=O) groups is 7. The van der Waals surface area contributed by atoms with E-state index in [-0.39, 0.29) is 70.6 Å². The fourth-order valence-electron chi connectivity index (χ4n) is 16.5. The van der Waals surface area contributed by atoms with Gasteiger partial charge in [0.25, 0.3) is 16.7 Å². The Morgan fingerprint density at radius 2 is 0.780 bits per heavy atom. The number of esters is 2. The topological polar surface area (TPSA) is 487 Å². The number of halogens is 3. The zero-order valence-electron chi connectivity index (χ0n) is 71.3. The van der Waals surface area contributed by atoms with Gasteiger partial charge in [-0.3, -0.25) is 42.5 Å². The molecule has 132 heavy (non-hydrogen) atoms. The van der Waals surface area contributed by atoms with Gasteiger partial charge in [-0.1, -0.05) is 59.1 Å². The van der Waals surface area contributed by atoms with Crippen LogP contribution in [0, 0.1) is 0 Å². The van der Waals surface area contributed by atoms with Crippen LogP contribution >= 0.6 is 34.8 Å². The molecule has 20 rings (SSSR count). The van der Waals surface area contributed by atoms with Crippen LogP contribution in [0.15, 0.2) is 203 Å². The van der Waals surface area contributed by atoms with Crippen molar-refractivity contribution < 1.29 is 53.2 Å². The van der Waals surface area contributed by atoms with Gasteiger partial charge in [0.15, 0.2) is 17.3 Å². The molecule has 0 saturated heterocycles. The first-order chi connectivity index (χ1) is 63.1. The molecule has 1 aliphatic carbocycles. The van der Waals surface area contributed by atoms with Gasteiger partial charge in [-0.05, 0) is 247 Å². The number of aromatic amines is 3. The number of hydrogen-bond acceptors (Lipinski definition) is 25. The summed E-state index contributed by atoms with van der Waals surface area (Å²) in [6, 6.07) is 44.5. The zero-order valence-corrected chi connectivity index (χ0v) is 73.5. The number of carboxylic acid groups (broad SMARTS) is 2. The van der Waals surface area contributed by atoms with Crippen LogP contribution in [0.1, 0.15) is 156 Å². The normalized spacial score (nSPS) is 14.6. The molecule has 7 N–H and O–H groups in total. The van der Waals surface area contributed by atoms with E-state index in [0.29, 0.717) is 167 Å². The summed E-state index contributed by atoms with van der Waals surface area (Å²) in [6.45, 7) is 11.0. The summed E-state index contributed by atoms with van der Waals surface area (Å²) in [5, 5.41) is 55.9. The maximum atomic E-state index is 13.4. The summed E-state index contributed by atoms with van der Waals surface area (Å²) >= 11 is 18.7. The van der Waals surface area contributed by atoms with E-state index in [9.17, 15) is 58.2 Å². The molecule has 0 amide bonds. The quantitative estimate of drug-likeness (QED) is 0.0323. The van der Waals surface area contributed by atoms with Crippen LogP contribution in [-0.2, 0) is 73.6 Å². The molecule has 0 fully saturated rings. The van der Waals surface area contributed by atoms with Gasteiger partial charge in [0, 0.05) is 139 Å². The Labute approximate surface area is 762 Å². The lowest BCUT2D eigenvalue weighted by molar-refractivity contribution is -0.149. The van der Waals surface area contributed by atoms with E-state index in [4.69, 9.17) is 65.0 Å². The molecule has 4 aliphatic rings. The average molecular weight is 1840 g/mol. The predicted octanol–water partition coefficient (Wildman–Crippen LogP) is 12.9. The second kappa shape index (κ2) is 36.1. The number of nitrogens with one attached hydrogen (secondary N) is 3. The summed E-state index contributed by atoms with van der Waals surface area (Å²) < 4.78 is 19.6. The highest BCUT2D eigenvalue weighted by atomic mass is 35.5. The Kier molecular flexibility index (Phi) is 24.2. The van der Waals surface area contributed by atoms with Crippen molar-refractivity contribution in [3.05, 3.63) is 297 Å². The smallest absolute Gasteiger partial charge is 0.355 e. The molecular weight excluding hydrogens is 1760 g/mol. The number of nitrogens with two attached hydrogens (primary N) is 1. The summed E-state index contributed by atoms with van der Waals surface area (Å²) in [5.74, 6) is -1.50. The lowest BCUT2D eigenvalue weighted by Crippen LogP contribution is -2.29. The first kappa shape index (κ1) is 88.3. The van der Waals surface area contributed by atoms with Crippen molar-refractivity contribution >= 4 is 121 Å². The van der Waals surface area contributed by atoms with E-state index in [2.05, 4.69) is 61.5 Å². The molecule has 36 nitrogen and oxygen atoms in total. The Morgan fingerprint density at radius 3 is 1.12 bits per heavy atom. The van der Waals surface area contributed by atoms with Crippen LogP contribution in [0.3, 0.4) is 0 Å². The summed E-state index contributed by atoms with van der Waals surface area (Å²) in [5.41, 5.74) is 17.0. The average Bonchev–Trinajstić information content (AvgIpc) is 1.68. The Balaban J connectivity index is 0.000000127. The number of H-pyrrole nitrogens is 3. The number of rotatable bonds is 19. The van der Waals surface area contributed by atoms with E-state index in [1.807, 2.05) is 84.0 Å². The van der Waals surface area contributed by atoms with Crippen molar-refractivity contribution in [1.29, 1.82) is 0 Å². The first-order valence-electron chi connectivity index (χ1n) is 41.6. The van der Waals surface area contributed by atoms with E-state index in [0.717, 1.165) is 38.7 Å². The molecule has 0 spiro atoms. The van der Waals surface area contributed by atoms with Crippen LogP contribution in [0.4, 0.5) is 5.69 Å². The number of ketones is 3. The molecule has 3 aliphatic heterocycles. The minimum Gasteiger partial charge on any atom is -0.477 e. The second-order valence-corrected chi connectivity index (χ2v) is 35.2. The summed E-state index contributed by atoms with van der Waals surface area (Å²) in [7, 11) is 0. The number of aromatic carboxylic acids is 2. The highest BCUT2D eigenvalue weighted by Gasteiger charge is 2.36. The van der Waals surface area contributed by atoms with Gasteiger partial charge in [-0.15, -0.1) is 15.3 Å². The molecule has 9 aromatic heterocycles. The molecule has 0 saturated carbocycles. The number of benzene rings is 7. The maximum absolute atomic E-state index is 13.4. The number of fused-ring (bicyclic) bond motifs is 7. The third-order valence-electron chi connectivity index (χ3n) is 22.4.